The fourth-order valence-electron chi connectivity index (χ4n) is 7.26. The maximum absolute atomic E-state index is 12.1. The lowest BCUT2D eigenvalue weighted by molar-refractivity contribution is -0.135. The number of carboxylic acids is 5. The fraction of sp³-hybridized carbons (Fsp3) is 0.259. The highest BCUT2D eigenvalue weighted by atomic mass is 35.7. The molecule has 6 rings (SSSR count). The van der Waals surface area contributed by atoms with Gasteiger partial charge in [0.2, 0.25) is 4.08 Å². The molecule has 0 radical (unpaired) electrons. The number of anilines is 1. The monoisotopic (exact) mass is 1580 g/mol. The van der Waals surface area contributed by atoms with Gasteiger partial charge in [-0.2, -0.15) is 48.6 Å². The van der Waals surface area contributed by atoms with Crippen molar-refractivity contribution in [1.29, 1.82) is 0 Å². The first-order valence-electron chi connectivity index (χ1n) is 26.9. The minimum Gasteiger partial charge on any atom is -0.481 e. The van der Waals surface area contributed by atoms with Gasteiger partial charge in [-0.25, -0.2) is 13.4 Å². The van der Waals surface area contributed by atoms with Gasteiger partial charge in [0.1, 0.15) is 9.79 Å². The Labute approximate surface area is 602 Å². The second kappa shape index (κ2) is 47.7. The minimum absolute atomic E-state index is 0.0492. The third kappa shape index (κ3) is 39.5. The van der Waals surface area contributed by atoms with E-state index >= 15 is 0 Å². The Morgan fingerprint density at radius 3 is 1.26 bits per heavy atom. The van der Waals surface area contributed by atoms with Gasteiger partial charge < -0.3 is 47.2 Å². The van der Waals surface area contributed by atoms with Crippen LogP contribution in [0.25, 0.3) is 29.0 Å². The maximum atomic E-state index is 12.1. The number of rotatable bonds is 18. The van der Waals surface area contributed by atoms with Gasteiger partial charge in [-0.15, -0.1) is 0 Å². The van der Waals surface area contributed by atoms with E-state index < -0.39 is 112 Å². The molecule has 0 spiro atoms. The summed E-state index contributed by atoms with van der Waals surface area (Å²) in [5.74, 6) is -5.55. The van der Waals surface area contributed by atoms with Gasteiger partial charge in [0.05, 0.1) is 48.6 Å². The normalized spacial score (nSPS) is 13.2. The number of thiocarbonyl (C=S) groups is 4. The van der Waals surface area contributed by atoms with E-state index in [1.165, 1.54) is 66.8 Å². The first kappa shape index (κ1) is 95.9. The quantitative estimate of drug-likeness (QED) is 0.00743. The van der Waals surface area contributed by atoms with Crippen LogP contribution in [-0.2, 0) is 73.5 Å². The smallest absolute Gasteiger partial charge is 0.300 e. The van der Waals surface area contributed by atoms with Gasteiger partial charge in [-0.05, 0) is 114 Å². The van der Waals surface area contributed by atoms with Crippen LogP contribution in [0.3, 0.4) is 0 Å². The number of aliphatic carboxylic acids is 5. The van der Waals surface area contributed by atoms with Gasteiger partial charge in [-0.1, -0.05) is 85.0 Å². The van der Waals surface area contributed by atoms with Gasteiger partial charge in [0.15, 0.2) is 0 Å². The molecule has 5 aromatic carbocycles. The first-order valence-corrected chi connectivity index (χ1v) is 36.6. The topological polar surface area (TPSA) is 555 Å². The zero-order valence-corrected chi connectivity index (χ0v) is 61.6. The predicted octanol–water partition coefficient (Wildman–Crippen LogP) is 8.55. The van der Waals surface area contributed by atoms with Crippen molar-refractivity contribution < 1.29 is 110 Å². The number of allylic oxidation sites excluding steroid dienone is 2. The van der Waals surface area contributed by atoms with Gasteiger partial charge in [0.25, 0.3) is 79.4 Å². The van der Waals surface area contributed by atoms with Crippen molar-refractivity contribution in [3.05, 3.63) is 132 Å². The summed E-state index contributed by atoms with van der Waals surface area (Å²) in [6.45, 7) is 8.55. The fourth-order valence-corrected chi connectivity index (χ4v) is 13.0. The van der Waals surface area contributed by atoms with Crippen LogP contribution in [0.5, 0.6) is 0 Å². The second-order valence-corrected chi connectivity index (χ2v) is 28.5. The van der Waals surface area contributed by atoms with Crippen molar-refractivity contribution >= 4 is 211 Å². The number of benzene rings is 5. The standard InChI is InChI=1S/C16H14N2O6S4.C16H10N2O6S4.C12H12ClNO2S.C4H13N3.5C2H4O2/c19-27(20,21)16(28(22,23)24)9-15(18-11-26)8-5-13(16)4-1-12-2-6-14(7-3-12)17-10-25;19-27(20,21)15-7-13(17-9-25)5-3-11(15)1-2-12-4-6-14(18-10-26)8-16(12)28(22,23)24;1-14(2)11-7-3-6-10-9(11)5-4-8-12(10)17(13,15)16;5-1-3-7-4-2-6;5*1-2(3)4/h1-8,13,15H,9H2,(H,19,20,21)(H,22,23,24);1-8H,(H,19,20,21)(H,22,23,24);3-8H,1-2H3;7H,1-6H2;5*1H3,(H,3,4). The molecule has 1 aliphatic carbocycles. The number of aliphatic imine (C=N–C) groups is 4. The van der Waals surface area contributed by atoms with E-state index in [2.05, 4.69) is 89.6 Å². The molecule has 0 heterocycles. The molecule has 0 saturated carbocycles. The highest BCUT2D eigenvalue weighted by Gasteiger charge is 2.60. The lowest BCUT2D eigenvalue weighted by Crippen LogP contribution is -2.54. The van der Waals surface area contributed by atoms with Crippen LogP contribution in [0, 0.1) is 5.92 Å². The number of hydrogen-bond donors (Lipinski definition) is 12. The summed E-state index contributed by atoms with van der Waals surface area (Å²) in [4.78, 5) is 60.9. The summed E-state index contributed by atoms with van der Waals surface area (Å²) in [5, 5.41) is 50.0. The van der Waals surface area contributed by atoms with Crippen molar-refractivity contribution in [1.82, 2.24) is 5.32 Å². The third-order valence-electron chi connectivity index (χ3n) is 10.8. The average molecular weight is 1590 g/mol. The number of fused-ring (bicyclic) bond motifs is 1. The van der Waals surface area contributed by atoms with Crippen molar-refractivity contribution in [3.63, 3.8) is 0 Å². The van der Waals surface area contributed by atoms with E-state index in [1.807, 2.05) is 42.4 Å². The van der Waals surface area contributed by atoms with Crippen molar-refractivity contribution in [2.24, 2.45) is 37.4 Å². The number of nitrogens with one attached hydrogen (secondary N) is 1. The summed E-state index contributed by atoms with van der Waals surface area (Å²) in [7, 11) is -14.2. The number of halogens is 1. The van der Waals surface area contributed by atoms with Crippen molar-refractivity contribution in [2.45, 2.75) is 65.8 Å². The largest absolute Gasteiger partial charge is 0.481 e. The molecular weight excluding hydrogens is 1520 g/mol. The van der Waals surface area contributed by atoms with Crippen LogP contribution in [-0.4, -0.2) is 187 Å². The van der Waals surface area contributed by atoms with E-state index in [1.54, 1.807) is 36.4 Å². The van der Waals surface area contributed by atoms with Crippen LogP contribution in [0.2, 0.25) is 0 Å². The second-order valence-electron chi connectivity index (χ2n) is 18.8. The van der Waals surface area contributed by atoms with Crippen molar-refractivity contribution in [3.8, 4) is 0 Å². The zero-order valence-electron chi connectivity index (χ0n) is 53.5. The molecule has 2 unspecified atom stereocenters. The zero-order chi connectivity index (χ0) is 78.0. The Balaban J connectivity index is -0.00000121. The lowest BCUT2D eigenvalue weighted by atomic mass is 9.91. The number of hydrogen-bond acceptors (Lipinski definition) is 27. The lowest BCUT2D eigenvalue weighted by Gasteiger charge is -2.36. The number of nitrogens with zero attached hydrogens (tertiary/aromatic N) is 5. The summed E-state index contributed by atoms with van der Waals surface area (Å²) >= 11 is 17.9. The predicted molar refractivity (Wildman–Crippen MR) is 392 cm³/mol. The molecular formula is C58H69ClN8O24S9. The Hall–Kier alpha value is -8.31. The molecule has 0 saturated heterocycles. The molecule has 0 aromatic heterocycles. The molecule has 0 bridgehead atoms. The van der Waals surface area contributed by atoms with E-state index in [0.717, 1.165) is 70.9 Å². The Morgan fingerprint density at radius 1 is 0.550 bits per heavy atom. The highest BCUT2D eigenvalue weighted by Crippen LogP contribution is 2.42. The van der Waals surface area contributed by atoms with E-state index in [4.69, 9.17) is 71.7 Å². The average Bonchev–Trinajstić information content (AvgIpc) is 0.728. The van der Waals surface area contributed by atoms with Crippen LogP contribution in [0.4, 0.5) is 22.7 Å². The SMILES string of the molecule is CC(=O)O.CC(=O)O.CC(=O)O.CC(=O)O.CC(=O)O.CN(C)c1cccc2c(S(=O)(=O)Cl)cccc12.NCCNCCN.O=S(=O)(O)C1(S(=O)(=O)O)CC(N=C=S)C=CC1C=Cc1ccc(N=C=S)cc1.O=S(=O)(O)c1cc(N=C=S)ccc1C=Cc1ccc(N=C=S)cc1S(=O)(=O)O. The van der Waals surface area contributed by atoms with Crippen molar-refractivity contribution in [2.75, 3.05) is 45.2 Å². The molecule has 5 aromatic rings. The number of carbonyl (C=O) groups is 5. The Kier molecular flexibility index (Phi) is 45.7. The molecule has 0 fully saturated rings. The summed E-state index contributed by atoms with van der Waals surface area (Å²) in [6, 6.07) is 23.8. The Bertz CT molecular complexity index is 4290. The third-order valence-corrected chi connectivity index (χ3v) is 18.3. The molecule has 100 heavy (non-hydrogen) atoms. The van der Waals surface area contributed by atoms with E-state index in [0.29, 0.717) is 29.7 Å². The van der Waals surface area contributed by atoms with E-state index in [-0.39, 0.29) is 27.4 Å². The number of isothiocyanates is 4. The Morgan fingerprint density at radius 2 is 0.920 bits per heavy atom. The van der Waals surface area contributed by atoms with Crippen LogP contribution >= 0.6 is 59.6 Å². The molecule has 32 nitrogen and oxygen atoms in total. The first-order chi connectivity index (χ1) is 46.1. The summed E-state index contributed by atoms with van der Waals surface area (Å²) in [5.41, 5.74) is 12.8. The molecule has 0 amide bonds. The number of nitrogens with two attached hydrogens (primary N) is 2. The molecule has 546 valence electrons. The molecule has 42 heteroatoms. The summed E-state index contributed by atoms with van der Waals surface area (Å²) in [6.07, 6.45) is 7.15. The van der Waals surface area contributed by atoms with Crippen LogP contribution in [0.1, 0.15) is 57.7 Å². The molecule has 14 N–H and O–H groups in total. The van der Waals surface area contributed by atoms with Crippen LogP contribution < -0.4 is 21.7 Å². The maximum Gasteiger partial charge on any atom is 0.300 e. The van der Waals surface area contributed by atoms with Gasteiger partial charge >= 0.3 is 0 Å². The molecule has 2 atom stereocenters. The van der Waals surface area contributed by atoms with E-state index in [9.17, 15) is 60.3 Å². The molecule has 0 aliphatic heterocycles. The minimum atomic E-state index is -5.26. The summed E-state index contributed by atoms with van der Waals surface area (Å²) < 4.78 is 153. The van der Waals surface area contributed by atoms with Gasteiger partial charge in [-0.3, -0.25) is 42.2 Å². The van der Waals surface area contributed by atoms with Gasteiger partial charge in [0, 0.05) is 114 Å². The molecule has 1 aliphatic rings. The number of carboxylic acid groups (broad SMARTS) is 5. The van der Waals surface area contributed by atoms with Crippen LogP contribution in [0.15, 0.2) is 150 Å². The highest BCUT2D eigenvalue weighted by molar-refractivity contribution is 8.14.